The molecule has 0 amide bonds. The fraction of sp³-hybridized carbons (Fsp3) is 0.367. The molecule has 0 spiro atoms. The first kappa shape index (κ1) is 33.1. The Morgan fingerprint density at radius 1 is 1.26 bits per heavy atom. The van der Waals surface area contributed by atoms with Gasteiger partial charge in [0.2, 0.25) is 0 Å². The van der Waals surface area contributed by atoms with Crippen molar-refractivity contribution in [2.75, 3.05) is 23.9 Å². The molecule has 226 valence electrons. The van der Waals surface area contributed by atoms with E-state index in [0.717, 1.165) is 13.8 Å². The van der Waals surface area contributed by atoms with E-state index in [9.17, 15) is 28.1 Å². The van der Waals surface area contributed by atoms with Gasteiger partial charge in [0.15, 0.2) is 0 Å². The van der Waals surface area contributed by atoms with Gasteiger partial charge in [-0.1, -0.05) is 29.5 Å². The SMILES string of the molecule is C=C(/C(C)=C(C#N)\C=C/C)[C@H](Nc1cc(Cl)c2ncc(C#N)c(NCC(C)(C)C(F)(F)F)c2c1)c1cn([C@@H](C)CF)nn1. The Kier molecular flexibility index (Phi) is 10.2. The highest BCUT2D eigenvalue weighted by atomic mass is 35.5. The molecule has 2 atom stereocenters. The molecule has 0 saturated heterocycles. The Labute approximate surface area is 252 Å². The molecule has 3 aromatic rings. The van der Waals surface area contributed by atoms with Crippen molar-refractivity contribution in [1.29, 1.82) is 10.5 Å². The van der Waals surface area contributed by atoms with Crippen LogP contribution in [0, 0.1) is 28.1 Å². The van der Waals surface area contributed by atoms with Crippen molar-refractivity contribution in [2.24, 2.45) is 5.41 Å². The van der Waals surface area contributed by atoms with Gasteiger partial charge in [0.1, 0.15) is 18.4 Å². The third-order valence-corrected chi connectivity index (χ3v) is 7.31. The zero-order valence-electron chi connectivity index (χ0n) is 24.3. The smallest absolute Gasteiger partial charge is 0.382 e. The number of halogens is 5. The van der Waals surface area contributed by atoms with Gasteiger partial charge in [0.25, 0.3) is 0 Å². The Hall–Kier alpha value is -4.42. The summed E-state index contributed by atoms with van der Waals surface area (Å²) >= 11 is 6.59. The predicted octanol–water partition coefficient (Wildman–Crippen LogP) is 8.01. The average Bonchev–Trinajstić information content (AvgIpc) is 3.45. The number of alkyl halides is 4. The molecule has 1 aromatic carbocycles. The predicted molar refractivity (Wildman–Crippen MR) is 159 cm³/mol. The molecule has 0 aliphatic heterocycles. The number of nitriles is 2. The molecule has 3 rings (SSSR count). The second-order valence-corrected chi connectivity index (χ2v) is 11.0. The minimum atomic E-state index is -4.49. The van der Waals surface area contributed by atoms with E-state index >= 15 is 0 Å². The minimum absolute atomic E-state index is 0.0339. The molecule has 0 saturated carbocycles. The van der Waals surface area contributed by atoms with E-state index in [2.05, 4.69) is 38.6 Å². The quantitative estimate of drug-likeness (QED) is 0.128. The van der Waals surface area contributed by atoms with Gasteiger partial charge in [-0.2, -0.15) is 23.7 Å². The molecule has 0 aliphatic carbocycles. The van der Waals surface area contributed by atoms with Crippen molar-refractivity contribution < 1.29 is 17.6 Å². The van der Waals surface area contributed by atoms with Crippen LogP contribution in [0.3, 0.4) is 0 Å². The van der Waals surface area contributed by atoms with Crippen LogP contribution in [-0.2, 0) is 0 Å². The first-order chi connectivity index (χ1) is 20.2. The van der Waals surface area contributed by atoms with Crippen LogP contribution in [0.5, 0.6) is 0 Å². The highest BCUT2D eigenvalue weighted by Crippen LogP contribution is 2.40. The fourth-order valence-corrected chi connectivity index (χ4v) is 4.31. The third kappa shape index (κ3) is 7.15. The van der Waals surface area contributed by atoms with Gasteiger partial charge in [-0.3, -0.25) is 4.98 Å². The van der Waals surface area contributed by atoms with Gasteiger partial charge in [-0.25, -0.2) is 9.07 Å². The average molecular weight is 615 g/mol. The van der Waals surface area contributed by atoms with Gasteiger partial charge in [0, 0.05) is 23.8 Å². The number of nitrogens with zero attached hydrogens (tertiary/aromatic N) is 6. The summed E-state index contributed by atoms with van der Waals surface area (Å²) in [4.78, 5) is 4.26. The molecule has 0 bridgehead atoms. The third-order valence-electron chi connectivity index (χ3n) is 7.02. The molecule has 13 heteroatoms. The molecule has 2 aromatic heterocycles. The van der Waals surface area contributed by atoms with Crippen molar-refractivity contribution >= 4 is 33.9 Å². The summed E-state index contributed by atoms with van der Waals surface area (Å²) in [6.45, 7) is 10.3. The lowest BCUT2D eigenvalue weighted by Crippen LogP contribution is -2.38. The Bertz CT molecular complexity index is 1660. The van der Waals surface area contributed by atoms with Crippen molar-refractivity contribution in [3.8, 4) is 12.1 Å². The lowest BCUT2D eigenvalue weighted by Gasteiger charge is -2.29. The van der Waals surface area contributed by atoms with Gasteiger partial charge in [-0.15, -0.1) is 5.10 Å². The van der Waals surface area contributed by atoms with E-state index in [1.807, 2.05) is 6.07 Å². The van der Waals surface area contributed by atoms with E-state index in [1.165, 1.54) is 10.9 Å². The van der Waals surface area contributed by atoms with Crippen LogP contribution >= 0.6 is 11.6 Å². The molecule has 43 heavy (non-hydrogen) atoms. The molecular formula is C30H31ClF4N8. The van der Waals surface area contributed by atoms with Gasteiger partial charge < -0.3 is 10.6 Å². The van der Waals surface area contributed by atoms with E-state index in [1.54, 1.807) is 51.3 Å². The normalized spacial score (nSPS) is 14.1. The second-order valence-electron chi connectivity index (χ2n) is 10.6. The zero-order chi connectivity index (χ0) is 32.1. The number of nitrogens with one attached hydrogen (secondary N) is 2. The largest absolute Gasteiger partial charge is 0.395 e. The Morgan fingerprint density at radius 2 is 1.95 bits per heavy atom. The van der Waals surface area contributed by atoms with Crippen LogP contribution < -0.4 is 10.6 Å². The molecule has 0 aliphatic rings. The molecule has 8 nitrogen and oxygen atoms in total. The van der Waals surface area contributed by atoms with Crippen molar-refractivity contribution in [3.63, 3.8) is 0 Å². The maximum absolute atomic E-state index is 13.6. The first-order valence-electron chi connectivity index (χ1n) is 13.2. The number of benzene rings is 1. The molecule has 0 radical (unpaired) electrons. The van der Waals surface area contributed by atoms with Crippen LogP contribution in [0.15, 0.2) is 60.0 Å². The number of fused-ring (bicyclic) bond motifs is 1. The van der Waals surface area contributed by atoms with Gasteiger partial charge in [0.05, 0.1) is 57.1 Å². The molecular weight excluding hydrogens is 584 g/mol. The fourth-order valence-electron chi connectivity index (χ4n) is 4.05. The van der Waals surface area contributed by atoms with E-state index < -0.39 is 36.9 Å². The maximum Gasteiger partial charge on any atom is 0.395 e. The van der Waals surface area contributed by atoms with Gasteiger partial charge in [-0.05, 0) is 64.0 Å². The van der Waals surface area contributed by atoms with Crippen LogP contribution in [0.4, 0.5) is 28.9 Å². The number of aromatic nitrogens is 4. The summed E-state index contributed by atoms with van der Waals surface area (Å²) in [5.74, 6) is 0. The Morgan fingerprint density at radius 3 is 2.53 bits per heavy atom. The lowest BCUT2D eigenvalue weighted by molar-refractivity contribution is -0.206. The van der Waals surface area contributed by atoms with E-state index in [0.29, 0.717) is 33.5 Å². The minimum Gasteiger partial charge on any atom is -0.382 e. The summed E-state index contributed by atoms with van der Waals surface area (Å²) in [5.41, 5.74) is 0.487. The molecule has 0 fully saturated rings. The van der Waals surface area contributed by atoms with Crippen molar-refractivity contribution in [2.45, 2.75) is 52.9 Å². The number of hydrogen-bond acceptors (Lipinski definition) is 7. The summed E-state index contributed by atoms with van der Waals surface area (Å²) in [6.07, 6.45) is 1.67. The summed E-state index contributed by atoms with van der Waals surface area (Å²) in [7, 11) is 0. The number of rotatable bonds is 11. The van der Waals surface area contributed by atoms with Crippen molar-refractivity contribution in [1.82, 2.24) is 20.0 Å². The highest BCUT2D eigenvalue weighted by molar-refractivity contribution is 6.35. The van der Waals surface area contributed by atoms with Crippen LogP contribution in [0.25, 0.3) is 10.9 Å². The molecule has 2 heterocycles. The topological polar surface area (TPSA) is 115 Å². The summed E-state index contributed by atoms with van der Waals surface area (Å²) < 4.78 is 55.5. The standard InChI is InChI=1S/C30H31ClF4N8/c1-7-8-20(12-36)18(3)19(4)26(25-15-43(42-41-25)17(2)11-32)40-22-9-23-27(39-16-29(5,6)30(33,34)35)21(13-37)14-38-28(23)24(31)10-22/h7-10,14-15,17,26,40H,4,11,16H2,1-3,5-6H3,(H,38,39)/b8-7-,20-18+/t17-,26-/m0/s1. The zero-order valence-corrected chi connectivity index (χ0v) is 25.1. The van der Waals surface area contributed by atoms with Gasteiger partial charge >= 0.3 is 6.18 Å². The first-order valence-corrected chi connectivity index (χ1v) is 13.6. The lowest BCUT2D eigenvalue weighted by atomic mass is 9.92. The number of anilines is 2. The Balaban J connectivity index is 2.17. The van der Waals surface area contributed by atoms with Crippen molar-refractivity contribution in [3.05, 3.63) is 76.3 Å². The van der Waals surface area contributed by atoms with Crippen LogP contribution in [-0.4, -0.2) is 39.4 Å². The highest BCUT2D eigenvalue weighted by Gasteiger charge is 2.47. The summed E-state index contributed by atoms with van der Waals surface area (Å²) in [5, 5.41) is 34.2. The molecule has 0 unspecified atom stereocenters. The summed E-state index contributed by atoms with van der Waals surface area (Å²) in [6, 6.07) is 5.92. The maximum atomic E-state index is 13.6. The number of pyridine rings is 1. The monoisotopic (exact) mass is 614 g/mol. The van der Waals surface area contributed by atoms with E-state index in [-0.39, 0.29) is 21.8 Å². The molecule has 2 N–H and O–H groups in total. The number of allylic oxidation sites excluding steroid dienone is 3. The van der Waals surface area contributed by atoms with Crippen LogP contribution in [0.1, 0.15) is 58.0 Å². The van der Waals surface area contributed by atoms with E-state index in [4.69, 9.17) is 11.6 Å². The van der Waals surface area contributed by atoms with Crippen LogP contribution in [0.2, 0.25) is 5.02 Å². The second kappa shape index (κ2) is 13.3. The number of hydrogen-bond donors (Lipinski definition) is 2.